The molecule has 0 aliphatic heterocycles. The molecule has 1 heterocycles. The molecule has 4 heteroatoms. The Morgan fingerprint density at radius 1 is 1.25 bits per heavy atom. The summed E-state index contributed by atoms with van der Waals surface area (Å²) < 4.78 is 1.06. The maximum Gasteiger partial charge on any atom is 0.143 e. The Hall–Kier alpha value is -1.55. The molecule has 2 rings (SSSR count). The van der Waals surface area contributed by atoms with Crippen molar-refractivity contribution in [2.45, 2.75) is 26.8 Å². The third kappa shape index (κ3) is 3.31. The van der Waals surface area contributed by atoms with Crippen LogP contribution in [0.3, 0.4) is 0 Å². The molecule has 3 nitrogen and oxygen atoms in total. The number of benzene rings is 1. The number of para-hydroxylation sites is 1. The number of halogens is 1. The van der Waals surface area contributed by atoms with Gasteiger partial charge in [0.2, 0.25) is 0 Å². The van der Waals surface area contributed by atoms with Crippen molar-refractivity contribution in [2.24, 2.45) is 0 Å². The second kappa shape index (κ2) is 6.75. The van der Waals surface area contributed by atoms with Crippen LogP contribution >= 0.6 is 15.9 Å². The van der Waals surface area contributed by atoms with Crippen LogP contribution in [-0.4, -0.2) is 11.5 Å². The number of anilines is 2. The largest absolute Gasteiger partial charge is 0.398 e. The highest BCUT2D eigenvalue weighted by Crippen LogP contribution is 2.28. The van der Waals surface area contributed by atoms with Crippen molar-refractivity contribution in [3.05, 3.63) is 52.1 Å². The first kappa shape index (κ1) is 14.9. The van der Waals surface area contributed by atoms with Crippen molar-refractivity contribution >= 4 is 27.4 Å². The molecule has 0 saturated carbocycles. The van der Waals surface area contributed by atoms with E-state index in [4.69, 9.17) is 5.73 Å². The van der Waals surface area contributed by atoms with Crippen LogP contribution in [0.15, 0.2) is 41.0 Å². The van der Waals surface area contributed by atoms with E-state index in [9.17, 15) is 0 Å². The number of hydrogen-bond donors (Lipinski definition) is 1. The standard InChI is InChI=1S/C16H20BrN3/c1-3-10-20(11-13-6-4-5-7-14(13)18)16-15(17)12(2)8-9-19-16/h4-9H,3,10-11,18H2,1-2H3. The monoisotopic (exact) mass is 333 g/mol. The number of aromatic nitrogens is 1. The molecule has 1 aromatic carbocycles. The Morgan fingerprint density at radius 2 is 2.00 bits per heavy atom. The molecule has 0 amide bonds. The summed E-state index contributed by atoms with van der Waals surface area (Å²) in [5.41, 5.74) is 9.21. The molecule has 0 aliphatic rings. The Kier molecular flexibility index (Phi) is 5.01. The number of nitrogens with zero attached hydrogens (tertiary/aromatic N) is 2. The molecule has 0 atom stereocenters. The van der Waals surface area contributed by atoms with Crippen LogP contribution in [0.4, 0.5) is 11.5 Å². The van der Waals surface area contributed by atoms with E-state index < -0.39 is 0 Å². The van der Waals surface area contributed by atoms with E-state index in [2.05, 4.69) is 45.7 Å². The van der Waals surface area contributed by atoms with Gasteiger partial charge < -0.3 is 10.6 Å². The topological polar surface area (TPSA) is 42.1 Å². The van der Waals surface area contributed by atoms with Crippen molar-refractivity contribution < 1.29 is 0 Å². The second-order valence-electron chi connectivity index (χ2n) is 4.89. The Balaban J connectivity index is 2.32. The quantitative estimate of drug-likeness (QED) is 0.835. The van der Waals surface area contributed by atoms with Gasteiger partial charge in [-0.3, -0.25) is 0 Å². The van der Waals surface area contributed by atoms with Crippen molar-refractivity contribution in [1.29, 1.82) is 0 Å². The van der Waals surface area contributed by atoms with Crippen LogP contribution in [0.1, 0.15) is 24.5 Å². The van der Waals surface area contributed by atoms with E-state index >= 15 is 0 Å². The first-order valence-electron chi connectivity index (χ1n) is 6.83. The van der Waals surface area contributed by atoms with Gasteiger partial charge in [-0.2, -0.15) is 0 Å². The molecule has 2 N–H and O–H groups in total. The van der Waals surface area contributed by atoms with Gasteiger partial charge in [-0.25, -0.2) is 4.98 Å². The van der Waals surface area contributed by atoms with Gasteiger partial charge in [0.05, 0.1) is 4.47 Å². The molecule has 1 aromatic heterocycles. The minimum atomic E-state index is 0.773. The van der Waals surface area contributed by atoms with Gasteiger partial charge in [-0.15, -0.1) is 0 Å². The van der Waals surface area contributed by atoms with Crippen LogP contribution < -0.4 is 10.6 Å². The van der Waals surface area contributed by atoms with Gasteiger partial charge in [-0.05, 0) is 52.5 Å². The van der Waals surface area contributed by atoms with E-state index in [0.717, 1.165) is 41.1 Å². The first-order chi connectivity index (χ1) is 9.63. The third-order valence-corrected chi connectivity index (χ3v) is 4.25. The van der Waals surface area contributed by atoms with Gasteiger partial charge in [0.15, 0.2) is 0 Å². The van der Waals surface area contributed by atoms with E-state index in [1.54, 1.807) is 0 Å². The van der Waals surface area contributed by atoms with Gasteiger partial charge in [-0.1, -0.05) is 25.1 Å². The molecular weight excluding hydrogens is 314 g/mol. The number of hydrogen-bond acceptors (Lipinski definition) is 3. The van der Waals surface area contributed by atoms with E-state index in [0.29, 0.717) is 0 Å². The minimum absolute atomic E-state index is 0.773. The molecule has 20 heavy (non-hydrogen) atoms. The maximum atomic E-state index is 6.05. The number of rotatable bonds is 5. The van der Waals surface area contributed by atoms with Crippen molar-refractivity contribution in [1.82, 2.24) is 4.98 Å². The minimum Gasteiger partial charge on any atom is -0.398 e. The predicted octanol–water partition coefficient (Wildman–Crippen LogP) is 4.15. The fourth-order valence-corrected chi connectivity index (χ4v) is 2.65. The van der Waals surface area contributed by atoms with Crippen molar-refractivity contribution in [3.63, 3.8) is 0 Å². The predicted molar refractivity (Wildman–Crippen MR) is 88.9 cm³/mol. The van der Waals surface area contributed by atoms with Gasteiger partial charge in [0, 0.05) is 25.0 Å². The molecule has 106 valence electrons. The molecule has 0 bridgehead atoms. The summed E-state index contributed by atoms with van der Waals surface area (Å²) in [7, 11) is 0. The van der Waals surface area contributed by atoms with Crippen LogP contribution in [-0.2, 0) is 6.54 Å². The lowest BCUT2D eigenvalue weighted by molar-refractivity contribution is 0.753. The zero-order valence-corrected chi connectivity index (χ0v) is 13.5. The molecule has 0 fully saturated rings. The molecule has 0 spiro atoms. The van der Waals surface area contributed by atoms with Crippen LogP contribution in [0.2, 0.25) is 0 Å². The Labute approximate surface area is 129 Å². The summed E-state index contributed by atoms with van der Waals surface area (Å²) in [6, 6.07) is 10.0. The van der Waals surface area contributed by atoms with E-state index in [-0.39, 0.29) is 0 Å². The fourth-order valence-electron chi connectivity index (χ4n) is 2.16. The SMILES string of the molecule is CCCN(Cc1ccccc1N)c1nccc(C)c1Br. The van der Waals surface area contributed by atoms with Gasteiger partial charge in [0.1, 0.15) is 5.82 Å². The van der Waals surface area contributed by atoms with Crippen LogP contribution in [0, 0.1) is 6.92 Å². The average Bonchev–Trinajstić information content (AvgIpc) is 2.44. The normalized spacial score (nSPS) is 10.6. The summed E-state index contributed by atoms with van der Waals surface area (Å²) in [5.74, 6) is 0.982. The summed E-state index contributed by atoms with van der Waals surface area (Å²) in [6.45, 7) is 5.97. The molecular formula is C16H20BrN3. The summed E-state index contributed by atoms with van der Waals surface area (Å²) >= 11 is 3.65. The maximum absolute atomic E-state index is 6.05. The van der Waals surface area contributed by atoms with Crippen molar-refractivity contribution in [2.75, 3.05) is 17.2 Å². The summed E-state index contributed by atoms with van der Waals surface area (Å²) in [5, 5.41) is 0. The summed E-state index contributed by atoms with van der Waals surface area (Å²) in [4.78, 5) is 6.79. The number of nitrogens with two attached hydrogens (primary N) is 1. The zero-order valence-electron chi connectivity index (χ0n) is 11.9. The lowest BCUT2D eigenvalue weighted by Crippen LogP contribution is -2.25. The zero-order chi connectivity index (χ0) is 14.5. The average molecular weight is 334 g/mol. The fraction of sp³-hybridized carbons (Fsp3) is 0.312. The molecule has 0 unspecified atom stereocenters. The molecule has 2 aromatic rings. The molecule has 0 radical (unpaired) electrons. The number of pyridine rings is 1. The number of aryl methyl sites for hydroxylation is 1. The van der Waals surface area contributed by atoms with Crippen molar-refractivity contribution in [3.8, 4) is 0 Å². The first-order valence-corrected chi connectivity index (χ1v) is 7.62. The lowest BCUT2D eigenvalue weighted by atomic mass is 10.1. The highest BCUT2D eigenvalue weighted by Gasteiger charge is 2.13. The van der Waals surface area contributed by atoms with Crippen LogP contribution in [0.25, 0.3) is 0 Å². The van der Waals surface area contributed by atoms with Gasteiger partial charge in [0.25, 0.3) is 0 Å². The number of nitrogen functional groups attached to an aromatic ring is 1. The third-order valence-electron chi connectivity index (χ3n) is 3.27. The Bertz CT molecular complexity index is 584. The van der Waals surface area contributed by atoms with E-state index in [1.165, 1.54) is 5.56 Å². The lowest BCUT2D eigenvalue weighted by Gasteiger charge is -2.25. The van der Waals surface area contributed by atoms with Crippen LogP contribution in [0.5, 0.6) is 0 Å². The van der Waals surface area contributed by atoms with Gasteiger partial charge >= 0.3 is 0 Å². The molecule has 0 aliphatic carbocycles. The highest BCUT2D eigenvalue weighted by atomic mass is 79.9. The Morgan fingerprint density at radius 3 is 2.70 bits per heavy atom. The van der Waals surface area contributed by atoms with E-state index in [1.807, 2.05) is 30.5 Å². The molecule has 0 saturated heterocycles. The smallest absolute Gasteiger partial charge is 0.143 e. The second-order valence-corrected chi connectivity index (χ2v) is 5.68. The summed E-state index contributed by atoms with van der Waals surface area (Å²) in [6.07, 6.45) is 2.92. The highest BCUT2D eigenvalue weighted by molar-refractivity contribution is 9.10.